The molecule has 2 heterocycles. The van der Waals surface area contributed by atoms with E-state index < -0.39 is 6.09 Å². The minimum atomic E-state index is -0.409. The minimum absolute atomic E-state index is 0.409. The van der Waals surface area contributed by atoms with E-state index >= 15 is 0 Å². The van der Waals surface area contributed by atoms with E-state index in [1.807, 2.05) is 36.5 Å². The Bertz CT molecular complexity index is 893. The van der Waals surface area contributed by atoms with Crippen LogP contribution in [0.5, 0.6) is 5.75 Å². The first-order valence-corrected chi connectivity index (χ1v) is 8.57. The number of H-pyrrole nitrogens is 1. The molecule has 0 radical (unpaired) electrons. The summed E-state index contributed by atoms with van der Waals surface area (Å²) in [5.41, 5.74) is 4.23. The number of hydrogen-bond donors (Lipinski definition) is 1. The van der Waals surface area contributed by atoms with Gasteiger partial charge >= 0.3 is 6.09 Å². The molecule has 0 bridgehead atoms. The van der Waals surface area contributed by atoms with Crippen LogP contribution in [-0.2, 0) is 13.0 Å². The molecule has 0 fully saturated rings. The van der Waals surface area contributed by atoms with Crippen molar-refractivity contribution in [3.8, 4) is 5.75 Å². The maximum atomic E-state index is 12.4. The van der Waals surface area contributed by atoms with Gasteiger partial charge in [0.1, 0.15) is 5.75 Å². The number of nitrogens with one attached hydrogen (secondary N) is 1. The molecule has 1 N–H and O–H groups in total. The SMILES string of the molecule is CN(C(=O)Oc1ccccc1)c1ccc2c(c1)N(Cc1c[nH]cn1)CC2. The molecule has 0 atom stereocenters. The lowest BCUT2D eigenvalue weighted by Gasteiger charge is -2.21. The number of para-hydroxylation sites is 1. The Morgan fingerprint density at radius 1 is 1.27 bits per heavy atom. The van der Waals surface area contributed by atoms with Gasteiger partial charge in [-0.05, 0) is 36.2 Å². The van der Waals surface area contributed by atoms with E-state index in [1.165, 1.54) is 10.5 Å². The van der Waals surface area contributed by atoms with Gasteiger partial charge < -0.3 is 14.6 Å². The number of carbonyl (C=O) groups excluding carboxylic acids is 1. The van der Waals surface area contributed by atoms with Gasteiger partial charge in [-0.3, -0.25) is 4.90 Å². The number of benzene rings is 2. The van der Waals surface area contributed by atoms with Crippen molar-refractivity contribution >= 4 is 17.5 Å². The van der Waals surface area contributed by atoms with E-state index in [0.717, 1.165) is 36.6 Å². The van der Waals surface area contributed by atoms with E-state index in [2.05, 4.69) is 20.9 Å². The first-order chi connectivity index (χ1) is 12.7. The molecule has 4 rings (SSSR count). The van der Waals surface area contributed by atoms with Gasteiger partial charge in [-0.15, -0.1) is 0 Å². The largest absolute Gasteiger partial charge is 0.419 e. The molecular weight excluding hydrogens is 328 g/mol. The number of ether oxygens (including phenoxy) is 1. The van der Waals surface area contributed by atoms with Crippen LogP contribution >= 0.6 is 0 Å². The Balaban J connectivity index is 1.51. The normalized spacial score (nSPS) is 12.7. The Kier molecular flexibility index (Phi) is 4.31. The van der Waals surface area contributed by atoms with Crippen LogP contribution in [0.4, 0.5) is 16.2 Å². The number of imidazole rings is 1. The Hall–Kier alpha value is -3.28. The number of aromatic nitrogens is 2. The van der Waals surface area contributed by atoms with E-state index in [1.54, 1.807) is 25.5 Å². The highest BCUT2D eigenvalue weighted by Crippen LogP contribution is 2.33. The molecule has 132 valence electrons. The molecule has 0 saturated carbocycles. The Morgan fingerprint density at radius 2 is 2.12 bits per heavy atom. The number of aromatic amines is 1. The summed E-state index contributed by atoms with van der Waals surface area (Å²) in [5, 5.41) is 0. The Labute approximate surface area is 152 Å². The minimum Gasteiger partial charge on any atom is -0.410 e. The van der Waals surface area contributed by atoms with Crippen LogP contribution in [0, 0.1) is 0 Å². The molecule has 3 aromatic rings. The van der Waals surface area contributed by atoms with Crippen molar-refractivity contribution in [3.63, 3.8) is 0 Å². The highest BCUT2D eigenvalue weighted by Gasteiger charge is 2.22. The molecule has 26 heavy (non-hydrogen) atoms. The summed E-state index contributed by atoms with van der Waals surface area (Å²) in [6.45, 7) is 1.70. The molecule has 1 aliphatic heterocycles. The third-order valence-corrected chi connectivity index (χ3v) is 4.58. The summed E-state index contributed by atoms with van der Waals surface area (Å²) in [6.07, 6.45) is 4.19. The smallest absolute Gasteiger partial charge is 0.410 e. The Morgan fingerprint density at radius 3 is 2.88 bits per heavy atom. The van der Waals surface area contributed by atoms with Crippen LogP contribution in [-0.4, -0.2) is 29.7 Å². The number of fused-ring (bicyclic) bond motifs is 1. The van der Waals surface area contributed by atoms with Gasteiger partial charge in [0, 0.05) is 31.2 Å². The van der Waals surface area contributed by atoms with Crippen LogP contribution in [0.1, 0.15) is 11.3 Å². The van der Waals surface area contributed by atoms with E-state index in [0.29, 0.717) is 5.75 Å². The number of nitrogens with zero attached hydrogens (tertiary/aromatic N) is 3. The average molecular weight is 348 g/mol. The fourth-order valence-corrected chi connectivity index (χ4v) is 3.14. The average Bonchev–Trinajstić information content (AvgIpc) is 3.32. The third-order valence-electron chi connectivity index (χ3n) is 4.58. The molecule has 6 nitrogen and oxygen atoms in total. The highest BCUT2D eigenvalue weighted by atomic mass is 16.6. The predicted molar refractivity (Wildman–Crippen MR) is 101 cm³/mol. The summed E-state index contributed by atoms with van der Waals surface area (Å²) >= 11 is 0. The number of rotatable bonds is 4. The fraction of sp³-hybridized carbons (Fsp3) is 0.200. The molecule has 0 saturated heterocycles. The van der Waals surface area contributed by atoms with Crippen LogP contribution in [0.25, 0.3) is 0 Å². The molecule has 2 aromatic carbocycles. The second-order valence-electron chi connectivity index (χ2n) is 6.29. The van der Waals surface area contributed by atoms with Crippen LogP contribution in [0.15, 0.2) is 61.1 Å². The van der Waals surface area contributed by atoms with Crippen molar-refractivity contribution < 1.29 is 9.53 Å². The van der Waals surface area contributed by atoms with Gasteiger partial charge in [-0.1, -0.05) is 24.3 Å². The number of anilines is 2. The standard InChI is InChI=1S/C20H20N4O2/c1-23(20(25)26-18-5-3-2-4-6-18)17-8-7-15-9-10-24(19(15)11-17)13-16-12-21-14-22-16/h2-8,11-12,14H,9-10,13H2,1H3,(H,21,22). The predicted octanol–water partition coefficient (Wildman–Crippen LogP) is 3.61. The summed E-state index contributed by atoms with van der Waals surface area (Å²) in [5.74, 6) is 0.533. The van der Waals surface area contributed by atoms with Crippen molar-refractivity contribution in [1.82, 2.24) is 9.97 Å². The van der Waals surface area contributed by atoms with Gasteiger partial charge in [0.2, 0.25) is 0 Å². The highest BCUT2D eigenvalue weighted by molar-refractivity contribution is 5.89. The number of carbonyl (C=O) groups is 1. The second kappa shape index (κ2) is 6.92. The monoisotopic (exact) mass is 348 g/mol. The molecule has 1 aliphatic rings. The summed E-state index contributed by atoms with van der Waals surface area (Å²) in [4.78, 5) is 23.5. The van der Waals surface area contributed by atoms with Crippen molar-refractivity contribution in [3.05, 3.63) is 72.3 Å². The van der Waals surface area contributed by atoms with E-state index in [-0.39, 0.29) is 0 Å². The zero-order valence-corrected chi connectivity index (χ0v) is 14.6. The first-order valence-electron chi connectivity index (χ1n) is 8.57. The molecule has 0 unspecified atom stereocenters. The van der Waals surface area contributed by atoms with Gasteiger partial charge in [-0.2, -0.15) is 0 Å². The van der Waals surface area contributed by atoms with Gasteiger partial charge in [0.25, 0.3) is 0 Å². The van der Waals surface area contributed by atoms with Crippen LogP contribution in [0.2, 0.25) is 0 Å². The topological polar surface area (TPSA) is 61.5 Å². The van der Waals surface area contributed by atoms with Crippen molar-refractivity contribution in [2.75, 3.05) is 23.4 Å². The maximum Gasteiger partial charge on any atom is 0.419 e. The molecular formula is C20H20N4O2. The quantitative estimate of drug-likeness (QED) is 0.782. The summed E-state index contributed by atoms with van der Waals surface area (Å²) < 4.78 is 5.42. The van der Waals surface area contributed by atoms with E-state index in [4.69, 9.17) is 4.74 Å². The second-order valence-corrected chi connectivity index (χ2v) is 6.29. The number of hydrogen-bond acceptors (Lipinski definition) is 4. The molecule has 0 aliphatic carbocycles. The molecule has 6 heteroatoms. The fourth-order valence-electron chi connectivity index (χ4n) is 3.14. The van der Waals surface area contributed by atoms with Gasteiger partial charge in [-0.25, -0.2) is 9.78 Å². The molecule has 1 aromatic heterocycles. The zero-order chi connectivity index (χ0) is 17.9. The summed E-state index contributed by atoms with van der Waals surface area (Å²) in [7, 11) is 1.72. The van der Waals surface area contributed by atoms with Crippen molar-refractivity contribution in [2.45, 2.75) is 13.0 Å². The van der Waals surface area contributed by atoms with E-state index in [9.17, 15) is 4.79 Å². The van der Waals surface area contributed by atoms with Crippen LogP contribution < -0.4 is 14.5 Å². The lowest BCUT2D eigenvalue weighted by Crippen LogP contribution is -2.29. The molecule has 0 spiro atoms. The van der Waals surface area contributed by atoms with Gasteiger partial charge in [0.05, 0.1) is 18.6 Å². The zero-order valence-electron chi connectivity index (χ0n) is 14.6. The lowest BCUT2D eigenvalue weighted by atomic mass is 10.1. The molecule has 1 amide bonds. The van der Waals surface area contributed by atoms with Crippen molar-refractivity contribution in [1.29, 1.82) is 0 Å². The third kappa shape index (κ3) is 3.26. The van der Waals surface area contributed by atoms with Crippen molar-refractivity contribution in [2.24, 2.45) is 0 Å². The lowest BCUT2D eigenvalue weighted by molar-refractivity contribution is 0.209. The maximum absolute atomic E-state index is 12.4. The number of amides is 1. The van der Waals surface area contributed by atoms with Crippen LogP contribution in [0.3, 0.4) is 0 Å². The van der Waals surface area contributed by atoms with Gasteiger partial charge in [0.15, 0.2) is 0 Å². The first kappa shape index (κ1) is 16.2. The summed E-state index contributed by atoms with van der Waals surface area (Å²) in [6, 6.07) is 15.2.